The van der Waals surface area contributed by atoms with E-state index in [1.807, 2.05) is 30.5 Å². The number of thioether (sulfide) groups is 1. The van der Waals surface area contributed by atoms with Crippen LogP contribution in [0.4, 0.5) is 0 Å². The smallest absolute Gasteiger partial charge is 0.186 e. The second-order valence-corrected chi connectivity index (χ2v) is 4.22. The summed E-state index contributed by atoms with van der Waals surface area (Å²) in [4.78, 5) is 11.5. The van der Waals surface area contributed by atoms with Gasteiger partial charge in [0.2, 0.25) is 0 Å². The van der Waals surface area contributed by atoms with Crippen molar-refractivity contribution in [2.75, 3.05) is 13.4 Å². The van der Waals surface area contributed by atoms with Gasteiger partial charge >= 0.3 is 0 Å². The third kappa shape index (κ3) is 2.71. The largest absolute Gasteiger partial charge is 0.497 e. The van der Waals surface area contributed by atoms with Gasteiger partial charge in [-0.05, 0) is 18.4 Å². The molecular formula is C13H12O3S. The Morgan fingerprint density at radius 1 is 1.24 bits per heavy atom. The molecule has 0 atom stereocenters. The molecule has 0 fully saturated rings. The summed E-state index contributed by atoms with van der Waals surface area (Å²) in [5.41, 5.74) is 0.774. The van der Waals surface area contributed by atoms with E-state index in [2.05, 4.69) is 0 Å². The van der Waals surface area contributed by atoms with Gasteiger partial charge in [-0.1, -0.05) is 23.9 Å². The van der Waals surface area contributed by atoms with Gasteiger partial charge in [0.05, 0.1) is 7.11 Å². The summed E-state index contributed by atoms with van der Waals surface area (Å²) in [5.74, 6) is 1.29. The first-order valence-electron chi connectivity index (χ1n) is 5.06. The highest BCUT2D eigenvalue weighted by Gasteiger charge is 2.05. The first kappa shape index (κ1) is 11.8. The zero-order chi connectivity index (χ0) is 12.3. The molecule has 4 heteroatoms. The minimum absolute atomic E-state index is 0.0570. The summed E-state index contributed by atoms with van der Waals surface area (Å²) >= 11 is 1.40. The number of hydrogen-bond donors (Lipinski definition) is 0. The highest BCUT2D eigenvalue weighted by molar-refractivity contribution is 7.98. The maximum atomic E-state index is 11.5. The van der Waals surface area contributed by atoms with Crippen LogP contribution in [0.3, 0.4) is 0 Å². The molecule has 0 unspecified atom stereocenters. The van der Waals surface area contributed by atoms with Gasteiger partial charge in [-0.3, -0.25) is 4.79 Å². The zero-order valence-electron chi connectivity index (χ0n) is 9.60. The summed E-state index contributed by atoms with van der Waals surface area (Å²) in [5, 5.41) is 0.607. The summed E-state index contributed by atoms with van der Waals surface area (Å²) in [6.07, 6.45) is 1.87. The van der Waals surface area contributed by atoms with E-state index in [1.165, 1.54) is 23.9 Å². The third-order valence-corrected chi connectivity index (χ3v) is 2.90. The predicted octanol–water partition coefficient (Wildman–Crippen LogP) is 3.04. The fraction of sp³-hybridized carbons (Fsp3) is 0.154. The molecule has 0 aliphatic carbocycles. The van der Waals surface area contributed by atoms with Crippen molar-refractivity contribution in [3.05, 3.63) is 46.6 Å². The fourth-order valence-electron chi connectivity index (χ4n) is 1.47. The Morgan fingerprint density at radius 3 is 2.76 bits per heavy atom. The number of ether oxygens (including phenoxy) is 1. The predicted molar refractivity (Wildman–Crippen MR) is 68.7 cm³/mol. The number of benzene rings is 1. The van der Waals surface area contributed by atoms with Crippen LogP contribution in [-0.2, 0) is 0 Å². The molecule has 0 aliphatic rings. The Balaban J connectivity index is 2.51. The number of methoxy groups -OCH3 is 1. The average Bonchev–Trinajstić information content (AvgIpc) is 2.38. The van der Waals surface area contributed by atoms with E-state index in [4.69, 9.17) is 9.15 Å². The first-order chi connectivity index (χ1) is 8.22. The van der Waals surface area contributed by atoms with Crippen molar-refractivity contribution < 1.29 is 9.15 Å². The van der Waals surface area contributed by atoms with Crippen molar-refractivity contribution in [1.82, 2.24) is 0 Å². The van der Waals surface area contributed by atoms with E-state index in [9.17, 15) is 4.79 Å². The van der Waals surface area contributed by atoms with Crippen molar-refractivity contribution in [1.29, 1.82) is 0 Å². The second kappa shape index (κ2) is 5.10. The van der Waals surface area contributed by atoms with Crippen molar-refractivity contribution in [2.24, 2.45) is 0 Å². The van der Waals surface area contributed by atoms with Crippen LogP contribution >= 0.6 is 11.8 Å². The van der Waals surface area contributed by atoms with Crippen LogP contribution in [0.2, 0.25) is 0 Å². The van der Waals surface area contributed by atoms with Crippen LogP contribution < -0.4 is 10.2 Å². The summed E-state index contributed by atoms with van der Waals surface area (Å²) in [6, 6.07) is 10.4. The van der Waals surface area contributed by atoms with Gasteiger partial charge in [0.25, 0.3) is 0 Å². The molecule has 2 rings (SSSR count). The number of rotatable bonds is 3. The van der Waals surface area contributed by atoms with Crippen molar-refractivity contribution in [3.8, 4) is 17.1 Å². The van der Waals surface area contributed by atoms with Crippen LogP contribution in [0.25, 0.3) is 11.3 Å². The average molecular weight is 248 g/mol. The van der Waals surface area contributed by atoms with E-state index in [1.54, 1.807) is 7.11 Å². The van der Waals surface area contributed by atoms with E-state index in [0.717, 1.165) is 11.3 Å². The van der Waals surface area contributed by atoms with Crippen LogP contribution in [0.5, 0.6) is 5.75 Å². The van der Waals surface area contributed by atoms with E-state index >= 15 is 0 Å². The molecule has 1 heterocycles. The lowest BCUT2D eigenvalue weighted by molar-refractivity contribution is 0.414. The van der Waals surface area contributed by atoms with Gasteiger partial charge in [-0.15, -0.1) is 0 Å². The molecule has 0 saturated heterocycles. The van der Waals surface area contributed by atoms with Crippen molar-refractivity contribution in [2.45, 2.75) is 5.09 Å². The highest BCUT2D eigenvalue weighted by atomic mass is 32.2. The molecule has 0 amide bonds. The lowest BCUT2D eigenvalue weighted by atomic mass is 10.1. The van der Waals surface area contributed by atoms with Crippen LogP contribution in [-0.4, -0.2) is 13.4 Å². The van der Waals surface area contributed by atoms with E-state index in [-0.39, 0.29) is 5.43 Å². The molecule has 2 aromatic rings. The molecule has 0 aliphatic heterocycles. The molecule has 0 bridgehead atoms. The topological polar surface area (TPSA) is 39.4 Å². The second-order valence-electron chi connectivity index (χ2n) is 3.41. The fourth-order valence-corrected chi connectivity index (χ4v) is 1.88. The summed E-state index contributed by atoms with van der Waals surface area (Å²) in [6.45, 7) is 0. The zero-order valence-corrected chi connectivity index (χ0v) is 10.4. The lowest BCUT2D eigenvalue weighted by Gasteiger charge is -2.04. The Hall–Kier alpha value is -1.68. The first-order valence-corrected chi connectivity index (χ1v) is 6.29. The molecule has 0 saturated carbocycles. The summed E-state index contributed by atoms with van der Waals surface area (Å²) in [7, 11) is 1.60. The minimum Gasteiger partial charge on any atom is -0.497 e. The Labute approximate surface area is 103 Å². The molecule has 0 spiro atoms. The van der Waals surface area contributed by atoms with Gasteiger partial charge in [0, 0.05) is 17.7 Å². The van der Waals surface area contributed by atoms with Crippen molar-refractivity contribution >= 4 is 11.8 Å². The molecule has 1 aromatic carbocycles. The Kier molecular flexibility index (Phi) is 3.54. The van der Waals surface area contributed by atoms with Gasteiger partial charge in [-0.2, -0.15) is 0 Å². The molecular weight excluding hydrogens is 236 g/mol. The molecule has 88 valence electrons. The standard InChI is InChI=1S/C13H12O3S/c1-15-11-5-3-4-9(6-11)12-7-10(14)8-13(16-12)17-2/h3-8H,1-2H3. The monoisotopic (exact) mass is 248 g/mol. The van der Waals surface area contributed by atoms with Crippen LogP contribution in [0.15, 0.2) is 50.7 Å². The highest BCUT2D eigenvalue weighted by Crippen LogP contribution is 2.25. The molecule has 0 radical (unpaired) electrons. The summed E-state index contributed by atoms with van der Waals surface area (Å²) < 4.78 is 10.7. The molecule has 1 aromatic heterocycles. The quantitative estimate of drug-likeness (QED) is 0.783. The Bertz CT molecular complexity index is 575. The maximum Gasteiger partial charge on any atom is 0.186 e. The SMILES string of the molecule is COc1cccc(-c2cc(=O)cc(SC)o2)c1. The van der Waals surface area contributed by atoms with Gasteiger partial charge in [0.15, 0.2) is 10.5 Å². The maximum absolute atomic E-state index is 11.5. The van der Waals surface area contributed by atoms with Crippen molar-refractivity contribution in [3.63, 3.8) is 0 Å². The van der Waals surface area contributed by atoms with E-state index < -0.39 is 0 Å². The van der Waals surface area contributed by atoms with Crippen LogP contribution in [0, 0.1) is 0 Å². The molecule has 3 nitrogen and oxygen atoms in total. The molecule has 0 N–H and O–H groups in total. The third-order valence-electron chi connectivity index (χ3n) is 2.30. The van der Waals surface area contributed by atoms with E-state index in [0.29, 0.717) is 10.9 Å². The van der Waals surface area contributed by atoms with Crippen LogP contribution in [0.1, 0.15) is 0 Å². The molecule has 17 heavy (non-hydrogen) atoms. The number of hydrogen-bond acceptors (Lipinski definition) is 4. The normalized spacial score (nSPS) is 10.2. The Morgan fingerprint density at radius 2 is 2.06 bits per heavy atom. The lowest BCUT2D eigenvalue weighted by Crippen LogP contribution is -1.97. The van der Waals surface area contributed by atoms with Gasteiger partial charge in [-0.25, -0.2) is 0 Å². The van der Waals surface area contributed by atoms with Gasteiger partial charge < -0.3 is 9.15 Å². The minimum atomic E-state index is -0.0570. The van der Waals surface area contributed by atoms with Gasteiger partial charge in [0.1, 0.15) is 11.5 Å².